The van der Waals surface area contributed by atoms with Crippen molar-refractivity contribution in [3.05, 3.63) is 41.0 Å². The van der Waals surface area contributed by atoms with E-state index in [1.807, 2.05) is 29.2 Å². The van der Waals surface area contributed by atoms with Crippen LogP contribution in [0.5, 0.6) is 5.75 Å². The molecule has 3 aromatic rings. The molecule has 6 nitrogen and oxygen atoms in total. The molecule has 2 N–H and O–H groups in total. The third kappa shape index (κ3) is 2.20. The Hall–Kier alpha value is -2.67. The first-order valence-electron chi connectivity index (χ1n) is 7.59. The molecule has 2 aromatic heterocycles. The molecular formula is C17H16N4O2S. The second-order valence-corrected chi connectivity index (χ2v) is 6.95. The first kappa shape index (κ1) is 14.9. The first-order chi connectivity index (χ1) is 11.6. The van der Waals surface area contributed by atoms with Crippen molar-refractivity contribution in [1.82, 2.24) is 9.97 Å². The molecule has 0 aliphatic carbocycles. The summed E-state index contributed by atoms with van der Waals surface area (Å²) in [6, 6.07) is 7.59. The number of benzene rings is 1. The summed E-state index contributed by atoms with van der Waals surface area (Å²) in [5, 5.41) is 1.01. The Bertz CT molecular complexity index is 953. The van der Waals surface area contributed by atoms with Gasteiger partial charge >= 0.3 is 0 Å². The van der Waals surface area contributed by atoms with Crippen LogP contribution in [0.25, 0.3) is 10.2 Å². The zero-order chi connectivity index (χ0) is 16.8. The van der Waals surface area contributed by atoms with Gasteiger partial charge in [0.25, 0.3) is 5.91 Å². The molecule has 1 amide bonds. The van der Waals surface area contributed by atoms with E-state index in [0.717, 1.165) is 27.3 Å². The van der Waals surface area contributed by atoms with Gasteiger partial charge in [-0.15, -0.1) is 11.3 Å². The fourth-order valence-corrected chi connectivity index (χ4v) is 3.94. The van der Waals surface area contributed by atoms with Gasteiger partial charge in [0, 0.05) is 4.88 Å². The Morgan fingerprint density at radius 2 is 2.12 bits per heavy atom. The highest BCUT2D eigenvalue weighted by molar-refractivity contribution is 7.18. The maximum absolute atomic E-state index is 11.7. The standard InChI is InChI=1S/C17H16N4O2S/c1-9-10(2)24-17-14(9)16(19-8-20-17)21-7-13(15(18)22)23-12-6-4-3-5-11(12)21/h3-6,8,13H,7H2,1-2H3,(H2,18,22)/t13-/m1/s1. The monoisotopic (exact) mass is 340 g/mol. The van der Waals surface area contributed by atoms with Crippen molar-refractivity contribution in [2.24, 2.45) is 5.73 Å². The lowest BCUT2D eigenvalue weighted by atomic mass is 10.1. The molecule has 1 aliphatic heterocycles. The molecule has 24 heavy (non-hydrogen) atoms. The van der Waals surface area contributed by atoms with E-state index in [9.17, 15) is 4.79 Å². The fourth-order valence-electron chi connectivity index (χ4n) is 2.95. The third-order valence-corrected chi connectivity index (χ3v) is 5.41. The van der Waals surface area contributed by atoms with Crippen molar-refractivity contribution in [3.63, 3.8) is 0 Å². The van der Waals surface area contributed by atoms with Gasteiger partial charge in [-0.3, -0.25) is 4.79 Å². The van der Waals surface area contributed by atoms with Crippen molar-refractivity contribution in [2.75, 3.05) is 11.4 Å². The maximum Gasteiger partial charge on any atom is 0.260 e. The highest BCUT2D eigenvalue weighted by Crippen LogP contribution is 2.42. The number of anilines is 2. The van der Waals surface area contributed by atoms with Gasteiger partial charge in [0.1, 0.15) is 22.7 Å². The first-order valence-corrected chi connectivity index (χ1v) is 8.41. The number of para-hydroxylation sites is 2. The van der Waals surface area contributed by atoms with Gasteiger partial charge in [-0.05, 0) is 31.5 Å². The zero-order valence-corrected chi connectivity index (χ0v) is 14.1. The van der Waals surface area contributed by atoms with E-state index in [2.05, 4.69) is 23.8 Å². The lowest BCUT2D eigenvalue weighted by Gasteiger charge is -2.34. The summed E-state index contributed by atoms with van der Waals surface area (Å²) in [5.74, 6) is 0.922. The number of amides is 1. The Morgan fingerprint density at radius 3 is 2.92 bits per heavy atom. The van der Waals surface area contributed by atoms with Crippen LogP contribution in [0.15, 0.2) is 30.6 Å². The number of rotatable bonds is 2. The summed E-state index contributed by atoms with van der Waals surface area (Å²) < 4.78 is 5.74. The Morgan fingerprint density at radius 1 is 1.33 bits per heavy atom. The van der Waals surface area contributed by atoms with Crippen molar-refractivity contribution in [3.8, 4) is 5.75 Å². The SMILES string of the molecule is Cc1sc2ncnc(N3C[C@H](C(N)=O)Oc4ccccc43)c2c1C. The topological polar surface area (TPSA) is 81.3 Å². The molecule has 1 atom stereocenters. The minimum absolute atomic E-state index is 0.326. The molecule has 7 heteroatoms. The maximum atomic E-state index is 11.7. The van der Waals surface area contributed by atoms with Gasteiger partial charge in [0.2, 0.25) is 0 Å². The molecule has 1 aliphatic rings. The van der Waals surface area contributed by atoms with Crippen LogP contribution in [0.3, 0.4) is 0 Å². The number of thiophene rings is 1. The lowest BCUT2D eigenvalue weighted by Crippen LogP contribution is -2.45. The average Bonchev–Trinajstić information content (AvgIpc) is 2.88. The number of aromatic nitrogens is 2. The van der Waals surface area contributed by atoms with Gasteiger partial charge in [-0.1, -0.05) is 12.1 Å². The summed E-state index contributed by atoms with van der Waals surface area (Å²) in [6.45, 7) is 4.47. The predicted molar refractivity (Wildman–Crippen MR) is 93.9 cm³/mol. The van der Waals surface area contributed by atoms with E-state index in [-0.39, 0.29) is 0 Å². The highest BCUT2D eigenvalue weighted by atomic mass is 32.1. The summed E-state index contributed by atoms with van der Waals surface area (Å²) in [7, 11) is 0. The molecule has 0 unspecified atom stereocenters. The number of carbonyl (C=O) groups excluding carboxylic acids is 1. The van der Waals surface area contributed by atoms with E-state index in [1.165, 1.54) is 4.88 Å². The molecule has 0 fully saturated rings. The van der Waals surface area contributed by atoms with Crippen molar-refractivity contribution >= 4 is 39.0 Å². The fraction of sp³-hybridized carbons (Fsp3) is 0.235. The number of nitrogens with two attached hydrogens (primary N) is 1. The largest absolute Gasteiger partial charge is 0.477 e. The molecule has 122 valence electrons. The smallest absolute Gasteiger partial charge is 0.260 e. The molecule has 0 saturated carbocycles. The molecule has 0 spiro atoms. The minimum atomic E-state index is -0.718. The van der Waals surface area contributed by atoms with E-state index >= 15 is 0 Å². The Kier molecular flexibility index (Phi) is 3.38. The van der Waals surface area contributed by atoms with E-state index in [0.29, 0.717) is 12.3 Å². The van der Waals surface area contributed by atoms with E-state index in [4.69, 9.17) is 10.5 Å². The number of fused-ring (bicyclic) bond motifs is 2. The zero-order valence-electron chi connectivity index (χ0n) is 13.3. The molecule has 4 rings (SSSR count). The third-order valence-electron chi connectivity index (χ3n) is 4.29. The summed E-state index contributed by atoms with van der Waals surface area (Å²) in [5.41, 5.74) is 7.52. The number of primary amides is 1. The lowest BCUT2D eigenvalue weighted by molar-refractivity contribution is -0.124. The van der Waals surface area contributed by atoms with Crippen LogP contribution in [0.4, 0.5) is 11.5 Å². The van der Waals surface area contributed by atoms with Crippen LogP contribution < -0.4 is 15.4 Å². The quantitative estimate of drug-likeness (QED) is 0.776. The number of aryl methyl sites for hydroxylation is 2. The Balaban J connectivity index is 1.94. The average molecular weight is 340 g/mol. The van der Waals surface area contributed by atoms with Crippen LogP contribution >= 0.6 is 11.3 Å². The van der Waals surface area contributed by atoms with Crippen molar-refractivity contribution in [2.45, 2.75) is 20.0 Å². The van der Waals surface area contributed by atoms with Gasteiger partial charge in [0.05, 0.1) is 17.6 Å². The van der Waals surface area contributed by atoms with Crippen LogP contribution in [0.2, 0.25) is 0 Å². The molecule has 3 heterocycles. The van der Waals surface area contributed by atoms with Gasteiger partial charge in [0.15, 0.2) is 6.10 Å². The number of ether oxygens (including phenoxy) is 1. The molecular weight excluding hydrogens is 324 g/mol. The molecule has 0 bridgehead atoms. The van der Waals surface area contributed by atoms with Gasteiger partial charge in [-0.2, -0.15) is 0 Å². The van der Waals surface area contributed by atoms with Crippen LogP contribution in [0, 0.1) is 13.8 Å². The number of carbonyl (C=O) groups is 1. The second kappa shape index (κ2) is 5.45. The van der Waals surface area contributed by atoms with E-state index in [1.54, 1.807) is 17.7 Å². The molecule has 1 aromatic carbocycles. The van der Waals surface area contributed by atoms with E-state index < -0.39 is 12.0 Å². The summed E-state index contributed by atoms with van der Waals surface area (Å²) in [4.78, 5) is 24.8. The number of hydrogen-bond donors (Lipinski definition) is 1. The molecule has 0 radical (unpaired) electrons. The normalized spacial score (nSPS) is 16.8. The summed E-state index contributed by atoms with van der Waals surface area (Å²) in [6.07, 6.45) is 0.842. The number of hydrogen-bond acceptors (Lipinski definition) is 6. The molecule has 0 saturated heterocycles. The second-order valence-electron chi connectivity index (χ2n) is 5.75. The van der Waals surface area contributed by atoms with Gasteiger partial charge in [-0.25, -0.2) is 9.97 Å². The van der Waals surface area contributed by atoms with Crippen LogP contribution in [-0.4, -0.2) is 28.5 Å². The number of nitrogens with zero attached hydrogens (tertiary/aromatic N) is 3. The van der Waals surface area contributed by atoms with Crippen molar-refractivity contribution in [1.29, 1.82) is 0 Å². The summed E-state index contributed by atoms with van der Waals surface area (Å²) >= 11 is 1.64. The van der Waals surface area contributed by atoms with Gasteiger partial charge < -0.3 is 15.4 Å². The predicted octanol–water partition coefficient (Wildman–Crippen LogP) is 2.69. The van der Waals surface area contributed by atoms with Crippen LogP contribution in [0.1, 0.15) is 10.4 Å². The van der Waals surface area contributed by atoms with Crippen molar-refractivity contribution < 1.29 is 9.53 Å². The minimum Gasteiger partial charge on any atom is -0.477 e. The van der Waals surface area contributed by atoms with Crippen LogP contribution in [-0.2, 0) is 4.79 Å². The Labute approximate surface area is 142 Å². The highest BCUT2D eigenvalue weighted by Gasteiger charge is 2.32.